The highest BCUT2D eigenvalue weighted by atomic mass is 35.5. The molecule has 150 valence electrons. The maximum absolute atomic E-state index is 13.0. The van der Waals surface area contributed by atoms with Gasteiger partial charge in [0.05, 0.1) is 19.4 Å². The molecule has 2 aromatic carbocycles. The minimum Gasteiger partial charge on any atom is -0.493 e. The molecule has 4 amide bonds. The van der Waals surface area contributed by atoms with Gasteiger partial charge < -0.3 is 9.47 Å². The molecular weight excluding hydrogens is 396 g/mol. The number of rotatable bonds is 5. The number of carbonyl (C=O) groups is 3. The number of benzene rings is 2. The SMILES string of the molecule is CCOc1cc(/C=C2\C(=O)NC(=O)N(c3cccc(Cl)c3C)C2=O)ccc1OC. The van der Waals surface area contributed by atoms with Crippen molar-refractivity contribution in [2.45, 2.75) is 13.8 Å². The fourth-order valence-corrected chi connectivity index (χ4v) is 3.10. The summed E-state index contributed by atoms with van der Waals surface area (Å²) < 4.78 is 10.8. The summed E-state index contributed by atoms with van der Waals surface area (Å²) in [5.74, 6) is -0.506. The summed E-state index contributed by atoms with van der Waals surface area (Å²) in [6.07, 6.45) is 1.40. The molecule has 0 aliphatic carbocycles. The fourth-order valence-electron chi connectivity index (χ4n) is 2.93. The highest BCUT2D eigenvalue weighted by Gasteiger charge is 2.37. The van der Waals surface area contributed by atoms with Gasteiger partial charge in [0.15, 0.2) is 11.5 Å². The van der Waals surface area contributed by atoms with Crippen molar-refractivity contribution in [1.82, 2.24) is 5.32 Å². The maximum atomic E-state index is 13.0. The van der Waals surface area contributed by atoms with Gasteiger partial charge >= 0.3 is 6.03 Å². The molecule has 1 saturated heterocycles. The third-order valence-corrected chi connectivity index (χ3v) is 4.79. The van der Waals surface area contributed by atoms with Gasteiger partial charge in [-0.15, -0.1) is 0 Å². The predicted octanol–water partition coefficient (Wildman–Crippen LogP) is 3.72. The van der Waals surface area contributed by atoms with Gasteiger partial charge in [-0.25, -0.2) is 9.69 Å². The molecule has 0 radical (unpaired) electrons. The Kier molecular flexibility index (Phi) is 5.89. The monoisotopic (exact) mass is 414 g/mol. The molecule has 1 N–H and O–H groups in total. The lowest BCUT2D eigenvalue weighted by Crippen LogP contribution is -2.54. The number of anilines is 1. The van der Waals surface area contributed by atoms with Crippen LogP contribution in [0.3, 0.4) is 0 Å². The van der Waals surface area contributed by atoms with E-state index in [-0.39, 0.29) is 5.57 Å². The number of urea groups is 1. The van der Waals surface area contributed by atoms with Crippen molar-refractivity contribution in [2.75, 3.05) is 18.6 Å². The summed E-state index contributed by atoms with van der Waals surface area (Å²) in [5.41, 5.74) is 1.22. The van der Waals surface area contributed by atoms with Gasteiger partial charge in [0.25, 0.3) is 11.8 Å². The highest BCUT2D eigenvalue weighted by Crippen LogP contribution is 2.31. The minimum absolute atomic E-state index is 0.184. The van der Waals surface area contributed by atoms with Crippen molar-refractivity contribution in [1.29, 1.82) is 0 Å². The number of nitrogens with one attached hydrogen (secondary N) is 1. The molecule has 0 spiro atoms. The quantitative estimate of drug-likeness (QED) is 0.595. The third kappa shape index (κ3) is 3.95. The van der Waals surface area contributed by atoms with Crippen LogP contribution in [-0.4, -0.2) is 31.6 Å². The summed E-state index contributed by atoms with van der Waals surface area (Å²) in [6, 6.07) is 9.05. The normalized spacial score (nSPS) is 15.5. The van der Waals surface area contributed by atoms with E-state index in [1.807, 2.05) is 6.92 Å². The molecule has 7 nitrogen and oxygen atoms in total. The van der Waals surface area contributed by atoms with Crippen LogP contribution in [0.4, 0.5) is 10.5 Å². The van der Waals surface area contributed by atoms with Crippen LogP contribution in [0.15, 0.2) is 42.0 Å². The Balaban J connectivity index is 2.04. The van der Waals surface area contributed by atoms with Crippen LogP contribution in [0, 0.1) is 6.92 Å². The average molecular weight is 415 g/mol. The third-order valence-electron chi connectivity index (χ3n) is 4.38. The Bertz CT molecular complexity index is 1030. The van der Waals surface area contributed by atoms with Crippen LogP contribution in [0.25, 0.3) is 6.08 Å². The smallest absolute Gasteiger partial charge is 0.335 e. The van der Waals surface area contributed by atoms with E-state index in [1.54, 1.807) is 43.3 Å². The number of methoxy groups -OCH3 is 1. The van der Waals surface area contributed by atoms with E-state index in [4.69, 9.17) is 21.1 Å². The molecule has 8 heteroatoms. The molecular formula is C21H19ClN2O5. The van der Waals surface area contributed by atoms with Crippen LogP contribution in [0.5, 0.6) is 11.5 Å². The van der Waals surface area contributed by atoms with Gasteiger partial charge in [0.1, 0.15) is 5.57 Å². The zero-order chi connectivity index (χ0) is 21.1. The Morgan fingerprint density at radius 3 is 2.59 bits per heavy atom. The lowest BCUT2D eigenvalue weighted by Gasteiger charge is -2.27. The second kappa shape index (κ2) is 8.36. The highest BCUT2D eigenvalue weighted by molar-refractivity contribution is 6.39. The Morgan fingerprint density at radius 2 is 1.90 bits per heavy atom. The molecule has 1 heterocycles. The van der Waals surface area contributed by atoms with E-state index in [0.717, 1.165) is 4.90 Å². The number of carbonyl (C=O) groups excluding carboxylic acids is 3. The molecule has 0 saturated carbocycles. The zero-order valence-corrected chi connectivity index (χ0v) is 16.9. The molecule has 1 aliphatic rings. The minimum atomic E-state index is -0.827. The van der Waals surface area contributed by atoms with Gasteiger partial charge in [-0.1, -0.05) is 23.7 Å². The second-order valence-electron chi connectivity index (χ2n) is 6.19. The van der Waals surface area contributed by atoms with Crippen LogP contribution in [0.2, 0.25) is 5.02 Å². The Labute approximate surface area is 172 Å². The van der Waals surface area contributed by atoms with Crippen molar-refractivity contribution in [3.05, 3.63) is 58.1 Å². The van der Waals surface area contributed by atoms with Crippen molar-refractivity contribution in [2.24, 2.45) is 0 Å². The van der Waals surface area contributed by atoms with E-state index >= 15 is 0 Å². The number of barbiturate groups is 1. The van der Waals surface area contributed by atoms with Crippen molar-refractivity contribution in [3.63, 3.8) is 0 Å². The summed E-state index contributed by atoms with van der Waals surface area (Å²) in [7, 11) is 1.52. The van der Waals surface area contributed by atoms with E-state index in [9.17, 15) is 14.4 Å². The topological polar surface area (TPSA) is 84.9 Å². The van der Waals surface area contributed by atoms with Gasteiger partial charge in [0, 0.05) is 5.02 Å². The number of ether oxygens (including phenoxy) is 2. The lowest BCUT2D eigenvalue weighted by atomic mass is 10.1. The summed E-state index contributed by atoms with van der Waals surface area (Å²) in [4.78, 5) is 38.6. The van der Waals surface area contributed by atoms with Gasteiger partial charge in [-0.05, 0) is 55.3 Å². The van der Waals surface area contributed by atoms with Crippen molar-refractivity contribution < 1.29 is 23.9 Å². The van der Waals surface area contributed by atoms with Gasteiger partial charge in [-0.2, -0.15) is 0 Å². The number of halogens is 1. The van der Waals surface area contributed by atoms with Crippen LogP contribution >= 0.6 is 11.6 Å². The van der Waals surface area contributed by atoms with Gasteiger partial charge in [0.2, 0.25) is 0 Å². The average Bonchev–Trinajstić information content (AvgIpc) is 2.69. The molecule has 3 rings (SSSR count). The van der Waals surface area contributed by atoms with E-state index in [1.165, 1.54) is 13.2 Å². The fraction of sp³-hybridized carbons (Fsp3) is 0.190. The molecule has 29 heavy (non-hydrogen) atoms. The lowest BCUT2D eigenvalue weighted by molar-refractivity contribution is -0.122. The Morgan fingerprint density at radius 1 is 1.14 bits per heavy atom. The predicted molar refractivity (Wildman–Crippen MR) is 109 cm³/mol. The van der Waals surface area contributed by atoms with E-state index < -0.39 is 17.8 Å². The molecule has 0 unspecified atom stereocenters. The van der Waals surface area contributed by atoms with Crippen LogP contribution in [-0.2, 0) is 9.59 Å². The van der Waals surface area contributed by atoms with E-state index in [2.05, 4.69) is 5.32 Å². The standard InChI is InChI=1S/C21H19ClN2O5/c1-4-29-18-11-13(8-9-17(18)28-3)10-14-19(25)23-21(27)24(20(14)26)16-7-5-6-15(22)12(16)2/h5-11H,4H2,1-3H3,(H,23,25,27)/b14-10+. The largest absolute Gasteiger partial charge is 0.493 e. The summed E-state index contributed by atoms with van der Waals surface area (Å²) >= 11 is 6.12. The first-order valence-electron chi connectivity index (χ1n) is 8.84. The first-order valence-corrected chi connectivity index (χ1v) is 9.22. The van der Waals surface area contributed by atoms with Crippen LogP contribution < -0.4 is 19.7 Å². The molecule has 1 fully saturated rings. The second-order valence-corrected chi connectivity index (χ2v) is 6.59. The molecule has 2 aromatic rings. The number of amides is 4. The van der Waals surface area contributed by atoms with Crippen LogP contribution in [0.1, 0.15) is 18.1 Å². The van der Waals surface area contributed by atoms with Crippen molar-refractivity contribution in [3.8, 4) is 11.5 Å². The Hall–Kier alpha value is -3.32. The molecule has 1 aliphatic heterocycles. The van der Waals surface area contributed by atoms with Crippen molar-refractivity contribution >= 4 is 41.2 Å². The molecule has 0 atom stereocenters. The summed E-state index contributed by atoms with van der Waals surface area (Å²) in [5, 5.41) is 2.60. The first kappa shape index (κ1) is 20.4. The zero-order valence-electron chi connectivity index (χ0n) is 16.1. The molecule has 0 bridgehead atoms. The maximum Gasteiger partial charge on any atom is 0.335 e. The number of hydrogen-bond donors (Lipinski definition) is 1. The number of hydrogen-bond acceptors (Lipinski definition) is 5. The summed E-state index contributed by atoms with van der Waals surface area (Å²) in [6.45, 7) is 3.95. The number of nitrogens with zero attached hydrogens (tertiary/aromatic N) is 1. The van der Waals surface area contributed by atoms with E-state index in [0.29, 0.717) is 39.9 Å². The molecule has 0 aromatic heterocycles. The first-order chi connectivity index (χ1) is 13.9. The van der Waals surface area contributed by atoms with Gasteiger partial charge in [-0.3, -0.25) is 14.9 Å². The number of imide groups is 2.